The van der Waals surface area contributed by atoms with Gasteiger partial charge in [0.25, 0.3) is 0 Å². The average molecular weight is 370 g/mol. The van der Waals surface area contributed by atoms with E-state index in [4.69, 9.17) is 4.52 Å². The van der Waals surface area contributed by atoms with Crippen molar-refractivity contribution < 1.29 is 19.1 Å². The molecule has 0 bridgehead atoms. The minimum Gasteiger partial charge on any atom is -0.507 e. The fraction of sp³-hybridized carbons (Fsp3) is 0.700. The van der Waals surface area contributed by atoms with Crippen LogP contribution in [0.15, 0.2) is 12.1 Å². The summed E-state index contributed by atoms with van der Waals surface area (Å²) in [5.41, 5.74) is 2.28. The van der Waals surface area contributed by atoms with E-state index in [1.807, 2.05) is 19.1 Å². The number of phenolic OH excluding ortho intramolecular Hbond substituents is 1. The smallest absolute Gasteiger partial charge is 0.328 e. The Balaban J connectivity index is 3.10. The van der Waals surface area contributed by atoms with Crippen LogP contribution in [0.4, 0.5) is 0 Å². The molecule has 2 N–H and O–H groups in total. The Bertz CT molecular complexity index is 589. The lowest BCUT2D eigenvalue weighted by atomic mass is 9.78. The maximum atomic E-state index is 12.2. The fourth-order valence-corrected chi connectivity index (χ4v) is 3.75. The Morgan fingerprint density at radius 1 is 1.04 bits per heavy atom. The lowest BCUT2D eigenvalue weighted by Gasteiger charge is -2.28. The number of phenols is 1. The average Bonchev–Trinajstić information content (AvgIpc) is 2.44. The molecule has 1 unspecified atom stereocenters. The van der Waals surface area contributed by atoms with Crippen LogP contribution in [-0.2, 0) is 26.3 Å². The van der Waals surface area contributed by atoms with Crippen LogP contribution >= 0.6 is 7.60 Å². The second kappa shape index (κ2) is 8.24. The molecule has 1 rings (SSSR count). The molecular weight excluding hydrogens is 335 g/mol. The first kappa shape index (κ1) is 22.2. The van der Waals surface area contributed by atoms with Gasteiger partial charge in [-0.3, -0.25) is 4.57 Å². The Kier molecular flexibility index (Phi) is 7.32. The molecule has 0 saturated carbocycles. The van der Waals surface area contributed by atoms with E-state index in [-0.39, 0.29) is 17.0 Å². The van der Waals surface area contributed by atoms with Gasteiger partial charge in [0.1, 0.15) is 5.75 Å². The number of aryl methyl sites for hydroxylation is 1. The van der Waals surface area contributed by atoms with Gasteiger partial charge >= 0.3 is 7.60 Å². The second-order valence-electron chi connectivity index (χ2n) is 8.84. The van der Waals surface area contributed by atoms with Crippen LogP contribution in [0.25, 0.3) is 0 Å². The summed E-state index contributed by atoms with van der Waals surface area (Å²) < 4.78 is 17.3. The molecule has 0 radical (unpaired) electrons. The van der Waals surface area contributed by atoms with Crippen LogP contribution in [0.3, 0.4) is 0 Å². The third-order valence-corrected chi connectivity index (χ3v) is 5.63. The van der Waals surface area contributed by atoms with E-state index in [0.29, 0.717) is 18.8 Å². The van der Waals surface area contributed by atoms with Gasteiger partial charge in [0.15, 0.2) is 0 Å². The molecule has 4 nitrogen and oxygen atoms in total. The van der Waals surface area contributed by atoms with Crippen molar-refractivity contribution >= 4 is 7.60 Å². The van der Waals surface area contributed by atoms with Crippen molar-refractivity contribution in [2.45, 2.75) is 78.6 Å². The van der Waals surface area contributed by atoms with Gasteiger partial charge in [-0.2, -0.15) is 0 Å². The number of aromatic hydroxyl groups is 1. The van der Waals surface area contributed by atoms with Crippen LogP contribution in [-0.4, -0.2) is 22.8 Å². The molecule has 1 aromatic carbocycles. The summed E-state index contributed by atoms with van der Waals surface area (Å²) in [7, 11) is -3.57. The van der Waals surface area contributed by atoms with Crippen molar-refractivity contribution in [1.29, 1.82) is 0 Å². The molecule has 1 atom stereocenters. The molecule has 0 amide bonds. The van der Waals surface area contributed by atoms with E-state index in [1.165, 1.54) is 0 Å². The first-order valence-electron chi connectivity index (χ1n) is 9.11. The van der Waals surface area contributed by atoms with E-state index >= 15 is 0 Å². The van der Waals surface area contributed by atoms with E-state index in [1.54, 1.807) is 0 Å². The monoisotopic (exact) mass is 370 g/mol. The molecule has 0 saturated heterocycles. The summed E-state index contributed by atoms with van der Waals surface area (Å²) >= 11 is 0. The third kappa shape index (κ3) is 6.77. The lowest BCUT2D eigenvalue weighted by Crippen LogP contribution is -2.18. The first-order chi connectivity index (χ1) is 11.3. The molecule has 0 aliphatic heterocycles. The quantitative estimate of drug-likeness (QED) is 0.489. The predicted octanol–water partition coefficient (Wildman–Crippen LogP) is 5.53. The number of rotatable bonds is 7. The van der Waals surface area contributed by atoms with Crippen molar-refractivity contribution in [3.63, 3.8) is 0 Å². The summed E-state index contributed by atoms with van der Waals surface area (Å²) in [5, 5.41) is 10.7. The highest BCUT2D eigenvalue weighted by Gasteiger charge is 2.27. The number of benzene rings is 1. The highest BCUT2D eigenvalue weighted by molar-refractivity contribution is 7.52. The van der Waals surface area contributed by atoms with Gasteiger partial charge in [0, 0.05) is 0 Å². The Hall–Kier alpha value is -0.830. The van der Waals surface area contributed by atoms with Gasteiger partial charge in [-0.25, -0.2) is 0 Å². The Labute approximate surface area is 153 Å². The lowest BCUT2D eigenvalue weighted by molar-refractivity contribution is 0.255. The van der Waals surface area contributed by atoms with Crippen molar-refractivity contribution in [3.05, 3.63) is 28.8 Å². The van der Waals surface area contributed by atoms with Gasteiger partial charge in [-0.1, -0.05) is 67.0 Å². The van der Waals surface area contributed by atoms with Crippen LogP contribution in [0.1, 0.15) is 78.0 Å². The predicted molar refractivity (Wildman–Crippen MR) is 105 cm³/mol. The van der Waals surface area contributed by atoms with Gasteiger partial charge in [0.2, 0.25) is 0 Å². The van der Waals surface area contributed by atoms with E-state index in [2.05, 4.69) is 41.5 Å². The Morgan fingerprint density at radius 2 is 1.52 bits per heavy atom. The molecule has 5 heteroatoms. The molecule has 0 aromatic heterocycles. The largest absolute Gasteiger partial charge is 0.507 e. The maximum Gasteiger partial charge on any atom is 0.328 e. The molecule has 1 aromatic rings. The molecule has 0 aliphatic rings. The van der Waals surface area contributed by atoms with Crippen LogP contribution in [0, 0.1) is 0 Å². The number of unbranched alkanes of at least 4 members (excludes halogenated alkanes) is 1. The van der Waals surface area contributed by atoms with Crippen molar-refractivity contribution in [2.24, 2.45) is 0 Å². The van der Waals surface area contributed by atoms with Crippen LogP contribution < -0.4 is 0 Å². The normalized spacial score (nSPS) is 15.2. The summed E-state index contributed by atoms with van der Waals surface area (Å²) in [6.45, 7) is 14.7. The van der Waals surface area contributed by atoms with Crippen LogP contribution in [0.5, 0.6) is 5.75 Å². The zero-order chi connectivity index (χ0) is 19.5. The molecule has 0 aliphatic carbocycles. The second-order valence-corrected chi connectivity index (χ2v) is 10.8. The minimum atomic E-state index is -3.57. The molecule has 0 spiro atoms. The minimum absolute atomic E-state index is 0.0919. The number of hydrogen-bond acceptors (Lipinski definition) is 3. The Morgan fingerprint density at radius 3 is 1.92 bits per heavy atom. The summed E-state index contributed by atoms with van der Waals surface area (Å²) in [6, 6.07) is 3.91. The van der Waals surface area contributed by atoms with Gasteiger partial charge < -0.3 is 14.5 Å². The van der Waals surface area contributed by atoms with Gasteiger partial charge in [-0.05, 0) is 40.4 Å². The summed E-state index contributed by atoms with van der Waals surface area (Å²) in [6.07, 6.45) is 2.26. The standard InChI is InChI=1S/C20H35O4P/c1-8-9-11-24-25(22,23)12-10-15-13-16(19(2,3)4)18(21)17(14-15)20(5,6)7/h13-14,21H,8-12H2,1-7H3,(H,22,23). The highest BCUT2D eigenvalue weighted by atomic mass is 31.2. The molecule has 25 heavy (non-hydrogen) atoms. The van der Waals surface area contributed by atoms with Crippen molar-refractivity contribution in [3.8, 4) is 5.75 Å². The zero-order valence-electron chi connectivity index (χ0n) is 16.8. The molecular formula is C20H35O4P. The van der Waals surface area contributed by atoms with E-state index in [9.17, 15) is 14.6 Å². The zero-order valence-corrected chi connectivity index (χ0v) is 17.7. The SMILES string of the molecule is CCCCOP(=O)(O)CCc1cc(C(C)(C)C)c(O)c(C(C)(C)C)c1. The molecule has 0 heterocycles. The van der Waals surface area contributed by atoms with E-state index in [0.717, 1.165) is 29.5 Å². The van der Waals surface area contributed by atoms with Crippen molar-refractivity contribution in [1.82, 2.24) is 0 Å². The first-order valence-corrected chi connectivity index (χ1v) is 10.9. The third-order valence-electron chi connectivity index (χ3n) is 4.26. The molecule has 0 fully saturated rings. The van der Waals surface area contributed by atoms with Gasteiger partial charge in [-0.15, -0.1) is 0 Å². The summed E-state index contributed by atoms with van der Waals surface area (Å²) in [4.78, 5) is 10.00. The summed E-state index contributed by atoms with van der Waals surface area (Å²) in [5.74, 6) is 0.329. The number of hydrogen-bond donors (Lipinski definition) is 2. The van der Waals surface area contributed by atoms with Crippen molar-refractivity contribution in [2.75, 3.05) is 12.8 Å². The fourth-order valence-electron chi connectivity index (χ4n) is 2.67. The topological polar surface area (TPSA) is 66.8 Å². The highest BCUT2D eigenvalue weighted by Crippen LogP contribution is 2.44. The van der Waals surface area contributed by atoms with Crippen LogP contribution in [0.2, 0.25) is 0 Å². The van der Waals surface area contributed by atoms with Gasteiger partial charge in [0.05, 0.1) is 12.8 Å². The molecule has 144 valence electrons. The maximum absolute atomic E-state index is 12.2. The van der Waals surface area contributed by atoms with E-state index < -0.39 is 7.60 Å².